The van der Waals surface area contributed by atoms with Crippen molar-refractivity contribution in [2.75, 3.05) is 26.7 Å². The molecule has 0 spiro atoms. The van der Waals surface area contributed by atoms with Crippen molar-refractivity contribution < 1.29 is 0 Å². The summed E-state index contributed by atoms with van der Waals surface area (Å²) in [6, 6.07) is 0.644. The summed E-state index contributed by atoms with van der Waals surface area (Å²) in [5.41, 5.74) is 0. The van der Waals surface area contributed by atoms with Crippen LogP contribution in [0.3, 0.4) is 0 Å². The average Bonchev–Trinajstić information content (AvgIpc) is 2.27. The fourth-order valence-corrected chi connectivity index (χ4v) is 1.65. The number of likely N-dealkylation sites (tertiary alicyclic amines) is 1. The molecule has 1 heterocycles. The van der Waals surface area contributed by atoms with Crippen molar-refractivity contribution in [3.8, 4) is 12.3 Å². The van der Waals surface area contributed by atoms with Gasteiger partial charge in [0.15, 0.2) is 0 Å². The lowest BCUT2D eigenvalue weighted by Gasteiger charge is -2.14. The van der Waals surface area contributed by atoms with Crippen LogP contribution in [0.4, 0.5) is 0 Å². The standard InChI is InChI=1S/C10H18N2/c1-3-7-11-10-5-4-8-12(2)9-6-10/h1,10-11H,4-9H2,2H3. The van der Waals surface area contributed by atoms with Gasteiger partial charge in [0.1, 0.15) is 0 Å². The second-order valence-corrected chi connectivity index (χ2v) is 3.52. The second-order valence-electron chi connectivity index (χ2n) is 3.52. The lowest BCUT2D eigenvalue weighted by molar-refractivity contribution is 0.344. The van der Waals surface area contributed by atoms with Gasteiger partial charge in [-0.05, 0) is 39.4 Å². The zero-order chi connectivity index (χ0) is 8.81. The van der Waals surface area contributed by atoms with Crippen LogP contribution >= 0.6 is 0 Å². The van der Waals surface area contributed by atoms with E-state index < -0.39 is 0 Å². The summed E-state index contributed by atoms with van der Waals surface area (Å²) in [6.07, 6.45) is 8.98. The number of hydrogen-bond donors (Lipinski definition) is 1. The van der Waals surface area contributed by atoms with Crippen LogP contribution in [0.25, 0.3) is 0 Å². The first-order chi connectivity index (χ1) is 5.83. The maximum Gasteiger partial charge on any atom is 0.0575 e. The lowest BCUT2D eigenvalue weighted by atomic mass is 10.1. The predicted molar refractivity (Wildman–Crippen MR) is 52.0 cm³/mol. The summed E-state index contributed by atoms with van der Waals surface area (Å²) < 4.78 is 0. The maximum atomic E-state index is 5.19. The molecule has 1 atom stereocenters. The van der Waals surface area contributed by atoms with E-state index in [1.807, 2.05) is 0 Å². The zero-order valence-corrected chi connectivity index (χ0v) is 7.84. The molecule has 1 unspecified atom stereocenters. The van der Waals surface area contributed by atoms with E-state index in [0.29, 0.717) is 12.6 Å². The van der Waals surface area contributed by atoms with Crippen molar-refractivity contribution in [3.63, 3.8) is 0 Å². The van der Waals surface area contributed by atoms with Gasteiger partial charge in [-0.15, -0.1) is 6.42 Å². The molecule has 0 aliphatic carbocycles. The summed E-state index contributed by atoms with van der Waals surface area (Å²) in [5.74, 6) is 2.62. The van der Waals surface area contributed by atoms with Crippen molar-refractivity contribution in [3.05, 3.63) is 0 Å². The van der Waals surface area contributed by atoms with E-state index in [2.05, 4.69) is 23.2 Å². The van der Waals surface area contributed by atoms with Gasteiger partial charge in [0.05, 0.1) is 6.54 Å². The van der Waals surface area contributed by atoms with Gasteiger partial charge in [-0.25, -0.2) is 0 Å². The number of rotatable bonds is 2. The van der Waals surface area contributed by atoms with E-state index in [4.69, 9.17) is 6.42 Å². The Bertz CT molecular complexity index is 160. The molecule has 0 radical (unpaired) electrons. The molecule has 0 aromatic rings. The highest BCUT2D eigenvalue weighted by atomic mass is 15.1. The van der Waals surface area contributed by atoms with Gasteiger partial charge in [0, 0.05) is 6.04 Å². The van der Waals surface area contributed by atoms with Crippen LogP contribution in [0.2, 0.25) is 0 Å². The van der Waals surface area contributed by atoms with Gasteiger partial charge >= 0.3 is 0 Å². The van der Waals surface area contributed by atoms with Gasteiger partial charge < -0.3 is 10.2 Å². The Labute approximate surface area is 75.3 Å². The minimum atomic E-state index is 0.644. The van der Waals surface area contributed by atoms with Crippen LogP contribution in [-0.2, 0) is 0 Å². The van der Waals surface area contributed by atoms with Crippen LogP contribution < -0.4 is 5.32 Å². The smallest absolute Gasteiger partial charge is 0.0575 e. The molecule has 0 bridgehead atoms. The number of hydrogen-bond acceptors (Lipinski definition) is 2. The molecule has 1 N–H and O–H groups in total. The molecule has 1 aliphatic heterocycles. The Balaban J connectivity index is 2.22. The highest BCUT2D eigenvalue weighted by molar-refractivity contribution is 4.88. The van der Waals surface area contributed by atoms with Gasteiger partial charge in [0.2, 0.25) is 0 Å². The van der Waals surface area contributed by atoms with Crippen molar-refractivity contribution >= 4 is 0 Å². The summed E-state index contributed by atoms with van der Waals surface area (Å²) in [7, 11) is 2.18. The first kappa shape index (κ1) is 9.57. The van der Waals surface area contributed by atoms with E-state index in [0.717, 1.165) is 0 Å². The third-order valence-corrected chi connectivity index (χ3v) is 2.44. The summed E-state index contributed by atoms with van der Waals surface area (Å²) in [6.45, 7) is 3.14. The SMILES string of the molecule is C#CCNC1CCCN(C)CC1. The first-order valence-corrected chi connectivity index (χ1v) is 4.68. The molecule has 2 nitrogen and oxygen atoms in total. The monoisotopic (exact) mass is 166 g/mol. The van der Waals surface area contributed by atoms with Crippen LogP contribution in [-0.4, -0.2) is 37.6 Å². The molecule has 1 aliphatic rings. The van der Waals surface area contributed by atoms with Crippen molar-refractivity contribution in [1.82, 2.24) is 10.2 Å². The molecule has 0 amide bonds. The Morgan fingerprint density at radius 1 is 1.50 bits per heavy atom. The molecular weight excluding hydrogens is 148 g/mol. The molecule has 0 aromatic carbocycles. The van der Waals surface area contributed by atoms with Gasteiger partial charge in [-0.2, -0.15) is 0 Å². The van der Waals surface area contributed by atoms with Gasteiger partial charge in [-0.1, -0.05) is 5.92 Å². The van der Waals surface area contributed by atoms with Crippen LogP contribution in [0.15, 0.2) is 0 Å². The van der Waals surface area contributed by atoms with Crippen LogP contribution in [0.5, 0.6) is 0 Å². The number of nitrogens with zero attached hydrogens (tertiary/aromatic N) is 1. The summed E-state index contributed by atoms with van der Waals surface area (Å²) >= 11 is 0. The fourth-order valence-electron chi connectivity index (χ4n) is 1.65. The highest BCUT2D eigenvalue weighted by Gasteiger charge is 2.12. The summed E-state index contributed by atoms with van der Waals surface area (Å²) in [5, 5.41) is 3.37. The second kappa shape index (κ2) is 5.18. The topological polar surface area (TPSA) is 15.3 Å². The van der Waals surface area contributed by atoms with Crippen LogP contribution in [0, 0.1) is 12.3 Å². The van der Waals surface area contributed by atoms with Crippen molar-refractivity contribution in [2.45, 2.75) is 25.3 Å². The third kappa shape index (κ3) is 3.25. The highest BCUT2D eigenvalue weighted by Crippen LogP contribution is 2.08. The molecule has 12 heavy (non-hydrogen) atoms. The first-order valence-electron chi connectivity index (χ1n) is 4.68. The molecule has 0 aromatic heterocycles. The third-order valence-electron chi connectivity index (χ3n) is 2.44. The minimum absolute atomic E-state index is 0.644. The molecular formula is C10H18N2. The van der Waals surface area contributed by atoms with E-state index in [1.165, 1.54) is 32.4 Å². The van der Waals surface area contributed by atoms with Crippen LogP contribution in [0.1, 0.15) is 19.3 Å². The lowest BCUT2D eigenvalue weighted by Crippen LogP contribution is -2.30. The predicted octanol–water partition coefficient (Wildman–Crippen LogP) is 0.694. The molecule has 2 heteroatoms. The largest absolute Gasteiger partial charge is 0.306 e. The fraction of sp³-hybridized carbons (Fsp3) is 0.800. The van der Waals surface area contributed by atoms with Crippen molar-refractivity contribution in [1.29, 1.82) is 0 Å². The summed E-state index contributed by atoms with van der Waals surface area (Å²) in [4.78, 5) is 2.39. The molecule has 1 saturated heterocycles. The van der Waals surface area contributed by atoms with E-state index in [9.17, 15) is 0 Å². The Morgan fingerprint density at radius 3 is 3.08 bits per heavy atom. The van der Waals surface area contributed by atoms with Gasteiger partial charge in [0.25, 0.3) is 0 Å². The number of terminal acetylenes is 1. The average molecular weight is 166 g/mol. The zero-order valence-electron chi connectivity index (χ0n) is 7.84. The molecule has 68 valence electrons. The normalized spacial score (nSPS) is 26.2. The molecule has 0 saturated carbocycles. The van der Waals surface area contributed by atoms with Crippen molar-refractivity contribution in [2.24, 2.45) is 0 Å². The quantitative estimate of drug-likeness (QED) is 0.607. The van der Waals surface area contributed by atoms with E-state index >= 15 is 0 Å². The van der Waals surface area contributed by atoms with E-state index in [1.54, 1.807) is 0 Å². The Hall–Kier alpha value is -0.520. The Kier molecular flexibility index (Phi) is 4.13. The molecule has 1 fully saturated rings. The van der Waals surface area contributed by atoms with Gasteiger partial charge in [-0.3, -0.25) is 0 Å². The minimum Gasteiger partial charge on any atom is -0.306 e. The number of nitrogens with one attached hydrogen (secondary N) is 1. The Morgan fingerprint density at radius 2 is 2.33 bits per heavy atom. The maximum absolute atomic E-state index is 5.19. The molecule has 1 rings (SSSR count). The van der Waals surface area contributed by atoms with E-state index in [-0.39, 0.29) is 0 Å².